The first-order valence-electron chi connectivity index (χ1n) is 3.61. The van der Waals surface area contributed by atoms with Gasteiger partial charge in [-0.05, 0) is 6.42 Å². The summed E-state index contributed by atoms with van der Waals surface area (Å²) in [6.45, 7) is 8.35. The zero-order valence-electron chi connectivity index (χ0n) is 6.64. The van der Waals surface area contributed by atoms with Crippen molar-refractivity contribution in [3.05, 3.63) is 12.3 Å². The number of hydrogen-bond acceptors (Lipinski definition) is 2. The number of allylic oxidation sites excluding steroid dienone is 1. The van der Waals surface area contributed by atoms with E-state index in [2.05, 4.69) is 6.58 Å². The van der Waals surface area contributed by atoms with Gasteiger partial charge in [0.1, 0.15) is 0 Å². The third-order valence-electron chi connectivity index (χ3n) is 1.44. The quantitative estimate of drug-likeness (QED) is 0.515. The molecule has 0 atom stereocenters. The zero-order valence-corrected chi connectivity index (χ0v) is 6.64. The second-order valence-corrected chi connectivity index (χ2v) is 2.99. The molecule has 0 spiro atoms. The summed E-state index contributed by atoms with van der Waals surface area (Å²) < 4.78 is 10.8. The third-order valence-corrected chi connectivity index (χ3v) is 1.44. The molecule has 10 heavy (non-hydrogen) atoms. The van der Waals surface area contributed by atoms with E-state index >= 15 is 0 Å². The van der Waals surface area contributed by atoms with Crippen molar-refractivity contribution in [2.24, 2.45) is 0 Å². The van der Waals surface area contributed by atoms with Gasteiger partial charge in [0.2, 0.25) is 5.79 Å². The Kier molecular flexibility index (Phi) is 2.00. The van der Waals surface area contributed by atoms with Gasteiger partial charge in [-0.3, -0.25) is 0 Å². The third kappa shape index (κ3) is 2.03. The Morgan fingerprint density at radius 2 is 2.20 bits per heavy atom. The molecule has 0 aliphatic carbocycles. The SMILES string of the molecule is C=C1CCCOC(C)(C)O1. The van der Waals surface area contributed by atoms with Crippen LogP contribution in [0.25, 0.3) is 0 Å². The smallest absolute Gasteiger partial charge is 0.204 e. The predicted molar refractivity (Wildman–Crippen MR) is 39.5 cm³/mol. The van der Waals surface area contributed by atoms with Crippen LogP contribution < -0.4 is 0 Å². The van der Waals surface area contributed by atoms with Crippen LogP contribution >= 0.6 is 0 Å². The molecule has 1 aliphatic heterocycles. The summed E-state index contributed by atoms with van der Waals surface area (Å²) in [5.41, 5.74) is 0. The first kappa shape index (κ1) is 7.61. The molecule has 1 saturated heterocycles. The van der Waals surface area contributed by atoms with Crippen molar-refractivity contribution < 1.29 is 9.47 Å². The van der Waals surface area contributed by atoms with E-state index in [1.54, 1.807) is 0 Å². The Bertz CT molecular complexity index is 138. The largest absolute Gasteiger partial charge is 0.468 e. The first-order chi connectivity index (χ1) is 4.60. The van der Waals surface area contributed by atoms with E-state index in [9.17, 15) is 0 Å². The van der Waals surface area contributed by atoms with Crippen LogP contribution in [0.15, 0.2) is 12.3 Å². The summed E-state index contributed by atoms with van der Waals surface area (Å²) >= 11 is 0. The van der Waals surface area contributed by atoms with Crippen LogP contribution in [0.4, 0.5) is 0 Å². The monoisotopic (exact) mass is 142 g/mol. The fourth-order valence-corrected chi connectivity index (χ4v) is 1.02. The molecule has 1 fully saturated rings. The fourth-order valence-electron chi connectivity index (χ4n) is 1.02. The molecule has 0 aromatic rings. The standard InChI is InChI=1S/C8H14O2/c1-7-5-4-6-9-8(2,3)10-7/h1,4-6H2,2-3H3. The van der Waals surface area contributed by atoms with Crippen LogP contribution in [0.5, 0.6) is 0 Å². The maximum atomic E-state index is 5.38. The maximum Gasteiger partial charge on any atom is 0.204 e. The highest BCUT2D eigenvalue weighted by Gasteiger charge is 2.22. The summed E-state index contributed by atoms with van der Waals surface area (Å²) in [4.78, 5) is 0. The van der Waals surface area contributed by atoms with Gasteiger partial charge in [0.25, 0.3) is 0 Å². The molecule has 1 heterocycles. The molecule has 0 unspecified atom stereocenters. The predicted octanol–water partition coefficient (Wildman–Crippen LogP) is 2.06. The summed E-state index contributed by atoms with van der Waals surface area (Å²) in [6.07, 6.45) is 1.94. The van der Waals surface area contributed by atoms with Crippen molar-refractivity contribution in [3.8, 4) is 0 Å². The summed E-state index contributed by atoms with van der Waals surface area (Å²) in [5.74, 6) is 0.371. The van der Waals surface area contributed by atoms with Crippen LogP contribution in [-0.2, 0) is 9.47 Å². The number of rotatable bonds is 0. The topological polar surface area (TPSA) is 18.5 Å². The van der Waals surface area contributed by atoms with Crippen LogP contribution in [0, 0.1) is 0 Å². The molecule has 0 saturated carbocycles. The molecule has 58 valence electrons. The van der Waals surface area contributed by atoms with Crippen LogP contribution in [-0.4, -0.2) is 12.4 Å². The van der Waals surface area contributed by atoms with Crippen molar-refractivity contribution in [3.63, 3.8) is 0 Å². The van der Waals surface area contributed by atoms with E-state index in [1.807, 2.05) is 13.8 Å². The molecular formula is C8H14O2. The van der Waals surface area contributed by atoms with Gasteiger partial charge in [0.05, 0.1) is 12.4 Å². The van der Waals surface area contributed by atoms with Gasteiger partial charge in [-0.2, -0.15) is 0 Å². The van der Waals surface area contributed by atoms with E-state index in [1.165, 1.54) is 0 Å². The minimum atomic E-state index is -0.465. The van der Waals surface area contributed by atoms with E-state index in [0.29, 0.717) is 0 Å². The summed E-state index contributed by atoms with van der Waals surface area (Å²) in [5, 5.41) is 0. The lowest BCUT2D eigenvalue weighted by Gasteiger charge is -2.24. The van der Waals surface area contributed by atoms with E-state index in [-0.39, 0.29) is 0 Å². The molecule has 0 radical (unpaired) electrons. The van der Waals surface area contributed by atoms with Crippen molar-refractivity contribution >= 4 is 0 Å². The van der Waals surface area contributed by atoms with E-state index in [4.69, 9.17) is 9.47 Å². The van der Waals surface area contributed by atoms with Gasteiger partial charge in [-0.1, -0.05) is 6.58 Å². The highest BCUT2D eigenvalue weighted by Crippen LogP contribution is 2.22. The van der Waals surface area contributed by atoms with Gasteiger partial charge in [0.15, 0.2) is 0 Å². The Balaban J connectivity index is 2.54. The zero-order chi connectivity index (χ0) is 7.61. The highest BCUT2D eigenvalue weighted by atomic mass is 16.7. The molecule has 0 amide bonds. The van der Waals surface area contributed by atoms with Gasteiger partial charge in [-0.15, -0.1) is 0 Å². The van der Waals surface area contributed by atoms with Crippen LogP contribution in [0.2, 0.25) is 0 Å². The lowest BCUT2D eigenvalue weighted by Crippen LogP contribution is -2.26. The van der Waals surface area contributed by atoms with Crippen molar-refractivity contribution in [1.29, 1.82) is 0 Å². The summed E-state index contributed by atoms with van der Waals surface area (Å²) in [6, 6.07) is 0. The normalized spacial score (nSPS) is 25.2. The molecule has 0 aromatic heterocycles. The highest BCUT2D eigenvalue weighted by molar-refractivity contribution is 4.86. The molecule has 1 aliphatic rings. The second kappa shape index (κ2) is 2.62. The average Bonchev–Trinajstić information content (AvgIpc) is 1.90. The summed E-state index contributed by atoms with van der Waals surface area (Å²) in [7, 11) is 0. The maximum absolute atomic E-state index is 5.38. The van der Waals surface area contributed by atoms with Crippen LogP contribution in [0.1, 0.15) is 26.7 Å². The Labute approximate surface area is 61.8 Å². The Hall–Kier alpha value is -0.500. The molecule has 0 aromatic carbocycles. The van der Waals surface area contributed by atoms with Gasteiger partial charge in [-0.25, -0.2) is 0 Å². The lowest BCUT2D eigenvalue weighted by molar-refractivity contribution is -0.179. The molecule has 2 heteroatoms. The van der Waals surface area contributed by atoms with Gasteiger partial charge < -0.3 is 9.47 Å². The minimum Gasteiger partial charge on any atom is -0.468 e. The molecule has 2 nitrogen and oxygen atoms in total. The van der Waals surface area contributed by atoms with Crippen LogP contribution in [0.3, 0.4) is 0 Å². The lowest BCUT2D eigenvalue weighted by atomic mass is 10.3. The van der Waals surface area contributed by atoms with Gasteiger partial charge in [0, 0.05) is 20.3 Å². The Morgan fingerprint density at radius 1 is 1.50 bits per heavy atom. The molecule has 0 N–H and O–H groups in total. The first-order valence-corrected chi connectivity index (χ1v) is 3.61. The van der Waals surface area contributed by atoms with Crippen molar-refractivity contribution in [1.82, 2.24) is 0 Å². The van der Waals surface area contributed by atoms with E-state index in [0.717, 1.165) is 25.2 Å². The minimum absolute atomic E-state index is 0.465. The van der Waals surface area contributed by atoms with Gasteiger partial charge >= 0.3 is 0 Å². The van der Waals surface area contributed by atoms with E-state index < -0.39 is 5.79 Å². The molecule has 1 rings (SSSR count). The Morgan fingerprint density at radius 3 is 2.90 bits per heavy atom. The number of ether oxygens (including phenoxy) is 2. The second-order valence-electron chi connectivity index (χ2n) is 2.99. The average molecular weight is 142 g/mol. The molecule has 0 bridgehead atoms. The fraction of sp³-hybridized carbons (Fsp3) is 0.750. The molecular weight excluding hydrogens is 128 g/mol. The number of hydrogen-bond donors (Lipinski definition) is 0. The van der Waals surface area contributed by atoms with Crippen molar-refractivity contribution in [2.75, 3.05) is 6.61 Å². The van der Waals surface area contributed by atoms with Crippen molar-refractivity contribution in [2.45, 2.75) is 32.5 Å².